The number of amides is 1. The molecule has 9 heteroatoms. The zero-order chi connectivity index (χ0) is 23.8. The molecule has 35 heavy (non-hydrogen) atoms. The molecule has 0 bridgehead atoms. The van der Waals surface area contributed by atoms with E-state index in [0.29, 0.717) is 30.4 Å². The Labute approximate surface area is 202 Å². The minimum absolute atomic E-state index is 0.0469. The highest BCUT2D eigenvalue weighted by molar-refractivity contribution is 5.95. The Morgan fingerprint density at radius 3 is 2.57 bits per heavy atom. The summed E-state index contributed by atoms with van der Waals surface area (Å²) in [7, 11) is 2.08. The van der Waals surface area contributed by atoms with Crippen LogP contribution in [-0.2, 0) is 0 Å². The zero-order valence-electron chi connectivity index (χ0n) is 19.5. The molecule has 2 aliphatic heterocycles. The van der Waals surface area contributed by atoms with Crippen LogP contribution < -0.4 is 14.8 Å². The standard InChI is InChI=1S/C26H26N6O3/c1-30-10-12-31(13-11-30)25(33)19-4-2-5-20(16-19)27-26-28-24-7-3-6-21(32(24)29-26)18-8-9-22-23(17-18)35-15-14-34-22/h2-9,16-17H,10-15H2,1H3,(H,27,29). The van der Waals surface area contributed by atoms with Crippen molar-refractivity contribution in [3.8, 4) is 22.8 Å². The first-order valence-electron chi connectivity index (χ1n) is 11.7. The van der Waals surface area contributed by atoms with Crippen molar-refractivity contribution in [2.45, 2.75) is 0 Å². The number of anilines is 2. The monoisotopic (exact) mass is 470 g/mol. The van der Waals surface area contributed by atoms with Crippen LogP contribution in [0, 0.1) is 0 Å². The smallest absolute Gasteiger partial charge is 0.254 e. The van der Waals surface area contributed by atoms with Gasteiger partial charge in [0.25, 0.3) is 5.91 Å². The molecule has 6 rings (SSSR count). The summed E-state index contributed by atoms with van der Waals surface area (Å²) in [5, 5.41) is 7.95. The summed E-state index contributed by atoms with van der Waals surface area (Å²) in [6.07, 6.45) is 0. The number of nitrogens with zero attached hydrogens (tertiary/aromatic N) is 5. The predicted octanol–water partition coefficient (Wildman–Crippen LogP) is 3.30. The van der Waals surface area contributed by atoms with Gasteiger partial charge < -0.3 is 24.6 Å². The second kappa shape index (κ2) is 8.92. The van der Waals surface area contributed by atoms with Crippen molar-refractivity contribution >= 4 is 23.2 Å². The van der Waals surface area contributed by atoms with E-state index >= 15 is 0 Å². The van der Waals surface area contributed by atoms with E-state index in [2.05, 4.69) is 22.2 Å². The maximum Gasteiger partial charge on any atom is 0.254 e. The number of carbonyl (C=O) groups is 1. The van der Waals surface area contributed by atoms with E-state index in [0.717, 1.165) is 54.6 Å². The average molecular weight is 471 g/mol. The molecule has 0 unspecified atom stereocenters. The predicted molar refractivity (Wildman–Crippen MR) is 133 cm³/mol. The molecule has 9 nitrogen and oxygen atoms in total. The highest BCUT2D eigenvalue weighted by Gasteiger charge is 2.21. The van der Waals surface area contributed by atoms with Gasteiger partial charge in [-0.15, -0.1) is 5.10 Å². The summed E-state index contributed by atoms with van der Waals surface area (Å²) in [5.41, 5.74) is 3.97. The lowest BCUT2D eigenvalue weighted by Gasteiger charge is -2.32. The largest absolute Gasteiger partial charge is 0.486 e. The molecule has 4 aromatic rings. The summed E-state index contributed by atoms with van der Waals surface area (Å²) < 4.78 is 13.2. The van der Waals surface area contributed by atoms with Gasteiger partial charge in [-0.25, -0.2) is 4.52 Å². The van der Waals surface area contributed by atoms with Crippen LogP contribution in [0.5, 0.6) is 11.5 Å². The molecule has 0 saturated carbocycles. The van der Waals surface area contributed by atoms with E-state index in [1.165, 1.54) is 0 Å². The van der Waals surface area contributed by atoms with Crippen molar-refractivity contribution in [1.29, 1.82) is 0 Å². The molecular formula is C26H26N6O3. The number of ether oxygens (including phenoxy) is 2. The third kappa shape index (κ3) is 4.26. The Balaban J connectivity index is 1.26. The maximum absolute atomic E-state index is 13.0. The van der Waals surface area contributed by atoms with Crippen LogP contribution in [0.2, 0.25) is 0 Å². The quantitative estimate of drug-likeness (QED) is 0.490. The first-order valence-corrected chi connectivity index (χ1v) is 11.7. The van der Waals surface area contributed by atoms with Crippen LogP contribution >= 0.6 is 0 Å². The number of likely N-dealkylation sites (N-methyl/N-ethyl adjacent to an activating group) is 1. The van der Waals surface area contributed by atoms with Crippen LogP contribution in [0.1, 0.15) is 10.4 Å². The van der Waals surface area contributed by atoms with Crippen LogP contribution in [0.25, 0.3) is 16.9 Å². The summed E-state index contributed by atoms with van der Waals surface area (Å²) in [6.45, 7) is 4.35. The number of pyridine rings is 1. The number of fused-ring (bicyclic) bond motifs is 2. The molecule has 178 valence electrons. The third-order valence-electron chi connectivity index (χ3n) is 6.35. The van der Waals surface area contributed by atoms with Gasteiger partial charge in [-0.1, -0.05) is 12.1 Å². The number of aromatic nitrogens is 3. The summed E-state index contributed by atoms with van der Waals surface area (Å²) in [5.74, 6) is 1.98. The number of hydrogen-bond donors (Lipinski definition) is 1. The number of benzene rings is 2. The van der Waals surface area contributed by atoms with Gasteiger partial charge in [-0.05, 0) is 55.6 Å². The Morgan fingerprint density at radius 2 is 1.71 bits per heavy atom. The van der Waals surface area contributed by atoms with Crippen molar-refractivity contribution in [3.05, 3.63) is 66.2 Å². The molecule has 0 aliphatic carbocycles. The van der Waals surface area contributed by atoms with E-state index < -0.39 is 0 Å². The van der Waals surface area contributed by atoms with Gasteiger partial charge >= 0.3 is 0 Å². The molecule has 2 aliphatic rings. The van der Waals surface area contributed by atoms with Crippen molar-refractivity contribution in [1.82, 2.24) is 24.4 Å². The molecule has 4 heterocycles. The van der Waals surface area contributed by atoms with Crippen molar-refractivity contribution < 1.29 is 14.3 Å². The highest BCUT2D eigenvalue weighted by atomic mass is 16.6. The van der Waals surface area contributed by atoms with Gasteiger partial charge in [0.15, 0.2) is 17.1 Å². The minimum atomic E-state index is 0.0469. The van der Waals surface area contributed by atoms with Gasteiger partial charge in [-0.3, -0.25) is 4.79 Å². The molecule has 0 atom stereocenters. The Hall–Kier alpha value is -4.11. The van der Waals surface area contributed by atoms with Crippen LogP contribution in [-0.4, -0.2) is 76.7 Å². The fourth-order valence-electron chi connectivity index (χ4n) is 4.43. The van der Waals surface area contributed by atoms with E-state index in [1.54, 1.807) is 4.52 Å². The Kier molecular flexibility index (Phi) is 5.46. The fourth-order valence-corrected chi connectivity index (χ4v) is 4.43. The Bertz CT molecular complexity index is 1390. The number of nitrogens with one attached hydrogen (secondary N) is 1. The van der Waals surface area contributed by atoms with Crippen molar-refractivity contribution in [2.24, 2.45) is 0 Å². The Morgan fingerprint density at radius 1 is 0.914 bits per heavy atom. The number of hydrogen-bond acceptors (Lipinski definition) is 7. The molecule has 1 N–H and O–H groups in total. The van der Waals surface area contributed by atoms with Gasteiger partial charge in [0, 0.05) is 43.0 Å². The summed E-state index contributed by atoms with van der Waals surface area (Å²) >= 11 is 0. The van der Waals surface area contributed by atoms with Gasteiger partial charge in [0.1, 0.15) is 13.2 Å². The lowest BCUT2D eigenvalue weighted by molar-refractivity contribution is 0.0664. The average Bonchev–Trinajstić information content (AvgIpc) is 3.31. The molecule has 1 amide bonds. The second-order valence-corrected chi connectivity index (χ2v) is 8.78. The third-order valence-corrected chi connectivity index (χ3v) is 6.35. The van der Waals surface area contributed by atoms with Gasteiger partial charge in [-0.2, -0.15) is 4.98 Å². The minimum Gasteiger partial charge on any atom is -0.486 e. The summed E-state index contributed by atoms with van der Waals surface area (Å²) in [4.78, 5) is 21.8. The molecule has 0 radical (unpaired) electrons. The van der Waals surface area contributed by atoms with E-state index in [1.807, 2.05) is 65.6 Å². The SMILES string of the molecule is CN1CCN(C(=O)c2cccc(Nc3nc4cccc(-c5ccc6c(c5)OCCO6)n4n3)c2)CC1. The molecular weight excluding hydrogens is 444 g/mol. The van der Waals surface area contributed by atoms with E-state index in [4.69, 9.17) is 14.6 Å². The van der Waals surface area contributed by atoms with Gasteiger partial charge in [0.2, 0.25) is 5.95 Å². The second-order valence-electron chi connectivity index (χ2n) is 8.78. The lowest BCUT2D eigenvalue weighted by atomic mass is 10.1. The number of piperazine rings is 1. The zero-order valence-corrected chi connectivity index (χ0v) is 19.5. The van der Waals surface area contributed by atoms with Gasteiger partial charge in [0.05, 0.1) is 5.69 Å². The lowest BCUT2D eigenvalue weighted by Crippen LogP contribution is -2.47. The highest BCUT2D eigenvalue weighted by Crippen LogP contribution is 2.34. The van der Waals surface area contributed by atoms with E-state index in [9.17, 15) is 4.79 Å². The molecule has 1 fully saturated rings. The van der Waals surface area contributed by atoms with Crippen LogP contribution in [0.15, 0.2) is 60.7 Å². The molecule has 0 spiro atoms. The first-order chi connectivity index (χ1) is 17.1. The topological polar surface area (TPSA) is 84.2 Å². The van der Waals surface area contributed by atoms with Crippen LogP contribution in [0.4, 0.5) is 11.6 Å². The fraction of sp³-hybridized carbons (Fsp3) is 0.269. The molecule has 2 aromatic carbocycles. The molecule has 1 saturated heterocycles. The number of rotatable bonds is 4. The van der Waals surface area contributed by atoms with Crippen LogP contribution in [0.3, 0.4) is 0 Å². The number of carbonyl (C=O) groups excluding carboxylic acids is 1. The van der Waals surface area contributed by atoms with Crippen molar-refractivity contribution in [2.75, 3.05) is 51.8 Å². The molecule has 2 aromatic heterocycles. The maximum atomic E-state index is 13.0. The first kappa shape index (κ1) is 21.4. The van der Waals surface area contributed by atoms with E-state index in [-0.39, 0.29) is 5.91 Å². The van der Waals surface area contributed by atoms with Crippen molar-refractivity contribution in [3.63, 3.8) is 0 Å². The normalized spacial score (nSPS) is 15.9. The summed E-state index contributed by atoms with van der Waals surface area (Å²) in [6, 6.07) is 19.2.